The molecule has 1 N–H and O–H groups in total. The molecule has 0 fully saturated rings. The van der Waals surface area contributed by atoms with Gasteiger partial charge in [0.05, 0.1) is 6.61 Å². The predicted octanol–water partition coefficient (Wildman–Crippen LogP) is 0.320. The molecule has 0 radical (unpaired) electrons. The lowest BCUT2D eigenvalue weighted by Gasteiger charge is -2.17. The minimum Gasteiger partial charge on any atom is -0.464 e. The maximum atomic E-state index is 11.1. The number of esters is 1. The SMILES string of the molecule is CCOC(=O)[C@H](NC=O)C(C)C. The minimum absolute atomic E-state index is 0.0502. The van der Waals surface area contributed by atoms with Crippen molar-refractivity contribution in [3.8, 4) is 0 Å². The van der Waals surface area contributed by atoms with E-state index < -0.39 is 6.04 Å². The average Bonchev–Trinajstić information content (AvgIpc) is 1.99. The van der Waals surface area contributed by atoms with E-state index in [1.165, 1.54) is 0 Å². The Morgan fingerprint density at radius 3 is 2.50 bits per heavy atom. The summed E-state index contributed by atoms with van der Waals surface area (Å²) in [5.41, 5.74) is 0. The zero-order chi connectivity index (χ0) is 9.56. The van der Waals surface area contributed by atoms with E-state index in [1.54, 1.807) is 6.92 Å². The highest BCUT2D eigenvalue weighted by Crippen LogP contribution is 2.02. The standard InChI is InChI=1S/C8H15NO3/c1-4-12-8(11)7(6(2)3)9-5-10/h5-7H,4H2,1-3H3,(H,9,10)/t7-/m1/s1. The zero-order valence-corrected chi connectivity index (χ0v) is 7.66. The zero-order valence-electron chi connectivity index (χ0n) is 7.66. The molecule has 0 heterocycles. The van der Waals surface area contributed by atoms with Gasteiger partial charge in [0.1, 0.15) is 6.04 Å². The molecule has 0 aliphatic carbocycles. The molecule has 0 bridgehead atoms. The molecule has 0 aromatic rings. The molecule has 1 atom stereocenters. The fourth-order valence-electron chi connectivity index (χ4n) is 0.838. The molecular weight excluding hydrogens is 158 g/mol. The Labute approximate surface area is 72.3 Å². The maximum Gasteiger partial charge on any atom is 0.328 e. The summed E-state index contributed by atoms with van der Waals surface area (Å²) in [6.45, 7) is 5.76. The van der Waals surface area contributed by atoms with Crippen LogP contribution in [0.5, 0.6) is 0 Å². The summed E-state index contributed by atoms with van der Waals surface area (Å²) >= 11 is 0. The first-order chi connectivity index (χ1) is 5.63. The van der Waals surface area contributed by atoms with Gasteiger partial charge in [-0.1, -0.05) is 13.8 Å². The van der Waals surface area contributed by atoms with Crippen LogP contribution in [0.3, 0.4) is 0 Å². The number of hydrogen-bond donors (Lipinski definition) is 1. The molecule has 0 aromatic carbocycles. The molecule has 0 rings (SSSR count). The highest BCUT2D eigenvalue weighted by molar-refractivity contribution is 5.78. The van der Waals surface area contributed by atoms with Gasteiger partial charge in [-0.2, -0.15) is 0 Å². The molecule has 70 valence electrons. The topological polar surface area (TPSA) is 55.4 Å². The van der Waals surface area contributed by atoms with E-state index >= 15 is 0 Å². The molecule has 0 unspecified atom stereocenters. The van der Waals surface area contributed by atoms with Gasteiger partial charge in [-0.15, -0.1) is 0 Å². The Morgan fingerprint density at radius 1 is 1.58 bits per heavy atom. The van der Waals surface area contributed by atoms with Crippen LogP contribution in [0, 0.1) is 5.92 Å². The molecule has 4 nitrogen and oxygen atoms in total. The van der Waals surface area contributed by atoms with E-state index in [-0.39, 0.29) is 11.9 Å². The van der Waals surface area contributed by atoms with Crippen molar-refractivity contribution in [1.82, 2.24) is 5.32 Å². The third-order valence-electron chi connectivity index (χ3n) is 1.45. The molecule has 0 aliphatic rings. The van der Waals surface area contributed by atoms with Crippen LogP contribution < -0.4 is 5.32 Å². The van der Waals surface area contributed by atoms with Gasteiger partial charge >= 0.3 is 5.97 Å². The number of ether oxygens (including phenoxy) is 1. The first-order valence-electron chi connectivity index (χ1n) is 3.99. The third kappa shape index (κ3) is 3.37. The van der Waals surface area contributed by atoms with Crippen molar-refractivity contribution in [3.63, 3.8) is 0 Å². The molecule has 1 amide bonds. The van der Waals surface area contributed by atoms with Crippen LogP contribution in [0.2, 0.25) is 0 Å². The van der Waals surface area contributed by atoms with E-state index in [2.05, 4.69) is 5.32 Å². The number of rotatable bonds is 5. The van der Waals surface area contributed by atoms with Gasteiger partial charge in [0.15, 0.2) is 0 Å². The van der Waals surface area contributed by atoms with Crippen molar-refractivity contribution in [3.05, 3.63) is 0 Å². The molecular formula is C8H15NO3. The van der Waals surface area contributed by atoms with E-state index in [9.17, 15) is 9.59 Å². The van der Waals surface area contributed by atoms with E-state index in [0.717, 1.165) is 0 Å². The number of hydrogen-bond acceptors (Lipinski definition) is 3. The summed E-state index contributed by atoms with van der Waals surface area (Å²) in [6, 6.07) is -0.526. The van der Waals surface area contributed by atoms with Gasteiger partial charge in [0.25, 0.3) is 0 Å². The van der Waals surface area contributed by atoms with Crippen molar-refractivity contribution in [2.24, 2.45) is 5.92 Å². The van der Waals surface area contributed by atoms with Crippen LogP contribution in [-0.4, -0.2) is 25.0 Å². The predicted molar refractivity (Wildman–Crippen MR) is 44.5 cm³/mol. The molecule has 0 saturated heterocycles. The minimum atomic E-state index is -0.526. The summed E-state index contributed by atoms with van der Waals surface area (Å²) in [5, 5.41) is 2.41. The number of carbonyl (C=O) groups is 2. The van der Waals surface area contributed by atoms with Crippen molar-refractivity contribution >= 4 is 12.4 Å². The van der Waals surface area contributed by atoms with E-state index in [1.807, 2.05) is 13.8 Å². The first-order valence-corrected chi connectivity index (χ1v) is 3.99. The highest BCUT2D eigenvalue weighted by atomic mass is 16.5. The summed E-state index contributed by atoms with van der Waals surface area (Å²) in [5.74, 6) is -0.325. The summed E-state index contributed by atoms with van der Waals surface area (Å²) in [4.78, 5) is 21.2. The van der Waals surface area contributed by atoms with Gasteiger partial charge in [0.2, 0.25) is 6.41 Å². The fourth-order valence-corrected chi connectivity index (χ4v) is 0.838. The first kappa shape index (κ1) is 10.9. The molecule has 4 heteroatoms. The summed E-state index contributed by atoms with van der Waals surface area (Å²) in [6.07, 6.45) is 0.515. The van der Waals surface area contributed by atoms with Crippen LogP contribution in [0.1, 0.15) is 20.8 Å². The molecule has 0 saturated carbocycles. The lowest BCUT2D eigenvalue weighted by molar-refractivity contribution is -0.147. The van der Waals surface area contributed by atoms with Crippen LogP contribution in [-0.2, 0) is 14.3 Å². The molecule has 0 spiro atoms. The summed E-state index contributed by atoms with van der Waals surface area (Å²) in [7, 11) is 0. The largest absolute Gasteiger partial charge is 0.464 e. The summed E-state index contributed by atoms with van der Waals surface area (Å²) < 4.78 is 4.76. The van der Waals surface area contributed by atoms with Crippen molar-refractivity contribution in [2.75, 3.05) is 6.61 Å². The van der Waals surface area contributed by atoms with Crippen LogP contribution in [0.4, 0.5) is 0 Å². The van der Waals surface area contributed by atoms with Gasteiger partial charge in [-0.25, -0.2) is 4.79 Å². The second-order valence-electron chi connectivity index (χ2n) is 2.76. The number of nitrogens with one attached hydrogen (secondary N) is 1. The average molecular weight is 173 g/mol. The van der Waals surface area contributed by atoms with Crippen molar-refractivity contribution < 1.29 is 14.3 Å². The Kier molecular flexibility index (Phi) is 5.08. The Morgan fingerprint density at radius 2 is 2.17 bits per heavy atom. The van der Waals surface area contributed by atoms with Crippen molar-refractivity contribution in [1.29, 1.82) is 0 Å². The molecule has 12 heavy (non-hydrogen) atoms. The van der Waals surface area contributed by atoms with Gasteiger partial charge in [0, 0.05) is 0 Å². The second-order valence-corrected chi connectivity index (χ2v) is 2.76. The monoisotopic (exact) mass is 173 g/mol. The Bertz CT molecular complexity index is 156. The van der Waals surface area contributed by atoms with E-state index in [4.69, 9.17) is 4.74 Å². The number of amides is 1. The smallest absolute Gasteiger partial charge is 0.328 e. The molecule has 0 aromatic heterocycles. The van der Waals surface area contributed by atoms with Crippen molar-refractivity contribution in [2.45, 2.75) is 26.8 Å². The lowest BCUT2D eigenvalue weighted by Crippen LogP contribution is -2.41. The van der Waals surface area contributed by atoms with Crippen LogP contribution >= 0.6 is 0 Å². The lowest BCUT2D eigenvalue weighted by atomic mass is 10.1. The Hall–Kier alpha value is -1.06. The quantitative estimate of drug-likeness (QED) is 0.481. The Balaban J connectivity index is 4.08. The normalized spacial score (nSPS) is 12.3. The van der Waals surface area contributed by atoms with E-state index in [0.29, 0.717) is 13.0 Å². The van der Waals surface area contributed by atoms with Gasteiger partial charge < -0.3 is 10.1 Å². The maximum absolute atomic E-state index is 11.1. The fraction of sp³-hybridized carbons (Fsp3) is 0.750. The highest BCUT2D eigenvalue weighted by Gasteiger charge is 2.21. The van der Waals surface area contributed by atoms with Gasteiger partial charge in [-0.3, -0.25) is 4.79 Å². The second kappa shape index (κ2) is 5.57. The third-order valence-corrected chi connectivity index (χ3v) is 1.45. The van der Waals surface area contributed by atoms with Crippen LogP contribution in [0.15, 0.2) is 0 Å². The molecule has 0 aliphatic heterocycles. The number of carbonyl (C=O) groups excluding carboxylic acids is 2. The van der Waals surface area contributed by atoms with Crippen LogP contribution in [0.25, 0.3) is 0 Å². The van der Waals surface area contributed by atoms with Gasteiger partial charge in [-0.05, 0) is 12.8 Å².